The van der Waals surface area contributed by atoms with Gasteiger partial charge < -0.3 is 0 Å². The lowest BCUT2D eigenvalue weighted by atomic mass is 10.1. The Bertz CT molecular complexity index is 722. The van der Waals surface area contributed by atoms with Gasteiger partial charge in [-0.3, -0.25) is 9.89 Å². The Balaban J connectivity index is 1.98. The van der Waals surface area contributed by atoms with Crippen LogP contribution in [0.25, 0.3) is 11.3 Å². The van der Waals surface area contributed by atoms with Gasteiger partial charge in [-0.25, -0.2) is 0 Å². The van der Waals surface area contributed by atoms with Crippen molar-refractivity contribution >= 4 is 18.0 Å². The molecule has 1 N–H and O–H groups in total. The zero-order valence-corrected chi connectivity index (χ0v) is 11.4. The van der Waals surface area contributed by atoms with Crippen molar-refractivity contribution in [3.8, 4) is 11.3 Å². The summed E-state index contributed by atoms with van der Waals surface area (Å²) >= 11 is 1.68. The van der Waals surface area contributed by atoms with E-state index in [1.165, 1.54) is 4.90 Å². The van der Waals surface area contributed by atoms with E-state index in [4.69, 9.17) is 0 Å². The second-order valence-corrected chi connectivity index (χ2v) is 5.35. The van der Waals surface area contributed by atoms with E-state index in [9.17, 15) is 4.79 Å². The van der Waals surface area contributed by atoms with Crippen LogP contribution in [0.4, 0.5) is 0 Å². The number of aromatic amines is 1. The number of hydrogen-bond acceptors (Lipinski definition) is 3. The zero-order valence-electron chi connectivity index (χ0n) is 10.6. The van der Waals surface area contributed by atoms with Crippen molar-refractivity contribution in [1.82, 2.24) is 10.2 Å². The molecule has 3 nitrogen and oxygen atoms in total. The zero-order chi connectivity index (χ0) is 13.8. The van der Waals surface area contributed by atoms with Crippen LogP contribution < -0.4 is 0 Å². The molecule has 1 aromatic heterocycles. The maximum atomic E-state index is 10.8. The predicted molar refractivity (Wildman–Crippen MR) is 80.0 cm³/mol. The van der Waals surface area contributed by atoms with Gasteiger partial charge in [0.05, 0.1) is 11.4 Å². The fourth-order valence-corrected chi connectivity index (χ4v) is 2.89. The standard InChI is InChI=1S/C16H12N2OS/c19-11-12-10-15(18-17-12)14-8-4-5-9-16(14)20-13-6-2-1-3-7-13/h1-11H,(H,17,18). The Kier molecular flexibility index (Phi) is 3.65. The second-order valence-electron chi connectivity index (χ2n) is 4.24. The SMILES string of the molecule is O=Cc1cc(-c2ccccc2Sc2ccccc2)n[nH]1. The highest BCUT2D eigenvalue weighted by molar-refractivity contribution is 7.99. The van der Waals surface area contributed by atoms with E-state index >= 15 is 0 Å². The maximum absolute atomic E-state index is 10.8. The summed E-state index contributed by atoms with van der Waals surface area (Å²) < 4.78 is 0. The van der Waals surface area contributed by atoms with Gasteiger partial charge in [0.2, 0.25) is 0 Å². The van der Waals surface area contributed by atoms with Gasteiger partial charge in [0.15, 0.2) is 6.29 Å². The van der Waals surface area contributed by atoms with E-state index in [1.807, 2.05) is 36.4 Å². The van der Waals surface area contributed by atoms with Gasteiger partial charge in [-0.15, -0.1) is 0 Å². The molecule has 0 spiro atoms. The Morgan fingerprint density at radius 1 is 1.00 bits per heavy atom. The van der Waals surface area contributed by atoms with E-state index in [0.717, 1.165) is 22.4 Å². The number of nitrogens with one attached hydrogen (secondary N) is 1. The fraction of sp³-hybridized carbons (Fsp3) is 0. The Hall–Kier alpha value is -2.33. The van der Waals surface area contributed by atoms with Crippen molar-refractivity contribution in [3.63, 3.8) is 0 Å². The summed E-state index contributed by atoms with van der Waals surface area (Å²) in [6.45, 7) is 0. The number of carbonyl (C=O) groups is 1. The first kappa shape index (κ1) is 12.7. The molecule has 0 unspecified atom stereocenters. The third-order valence-corrected chi connectivity index (χ3v) is 3.94. The maximum Gasteiger partial charge on any atom is 0.167 e. The lowest BCUT2D eigenvalue weighted by Gasteiger charge is -2.06. The van der Waals surface area contributed by atoms with Gasteiger partial charge in [0.1, 0.15) is 0 Å². The summed E-state index contributed by atoms with van der Waals surface area (Å²) in [4.78, 5) is 13.0. The van der Waals surface area contributed by atoms with Crippen LogP contribution in [0.3, 0.4) is 0 Å². The summed E-state index contributed by atoms with van der Waals surface area (Å²) in [6.07, 6.45) is 0.767. The molecule has 0 aliphatic carbocycles. The minimum atomic E-state index is 0.486. The number of aldehydes is 1. The van der Waals surface area contributed by atoms with Gasteiger partial charge in [-0.1, -0.05) is 48.2 Å². The van der Waals surface area contributed by atoms with E-state index in [1.54, 1.807) is 17.8 Å². The lowest BCUT2D eigenvalue weighted by molar-refractivity contribution is 0.111. The van der Waals surface area contributed by atoms with E-state index in [0.29, 0.717) is 5.69 Å². The molecule has 3 rings (SSSR count). The molecule has 0 saturated heterocycles. The molecule has 0 aliphatic heterocycles. The molecule has 0 fully saturated rings. The summed E-state index contributed by atoms with van der Waals surface area (Å²) in [5.74, 6) is 0. The molecule has 4 heteroatoms. The number of benzene rings is 2. The molecule has 0 atom stereocenters. The van der Waals surface area contributed by atoms with Gasteiger partial charge in [-0.05, 0) is 24.3 Å². The van der Waals surface area contributed by atoms with Gasteiger partial charge in [-0.2, -0.15) is 5.10 Å². The average molecular weight is 280 g/mol. The predicted octanol–water partition coefficient (Wildman–Crippen LogP) is 4.04. The smallest absolute Gasteiger partial charge is 0.167 e. The topological polar surface area (TPSA) is 45.8 Å². The third-order valence-electron chi connectivity index (χ3n) is 2.86. The fourth-order valence-electron chi connectivity index (χ4n) is 1.92. The van der Waals surface area contributed by atoms with E-state index < -0.39 is 0 Å². The summed E-state index contributed by atoms with van der Waals surface area (Å²) in [6, 6.07) is 20.0. The number of rotatable bonds is 4. The molecule has 0 aliphatic rings. The number of aromatic nitrogens is 2. The Labute approximate surface area is 121 Å². The molecular formula is C16H12N2OS. The van der Waals surface area contributed by atoms with Crippen LogP contribution in [-0.2, 0) is 0 Å². The van der Waals surface area contributed by atoms with Crippen LogP contribution in [0.5, 0.6) is 0 Å². The van der Waals surface area contributed by atoms with Crippen molar-refractivity contribution in [1.29, 1.82) is 0 Å². The van der Waals surface area contributed by atoms with Crippen LogP contribution in [-0.4, -0.2) is 16.5 Å². The van der Waals surface area contributed by atoms with Crippen molar-refractivity contribution in [2.75, 3.05) is 0 Å². The van der Waals surface area contributed by atoms with Gasteiger partial charge in [0, 0.05) is 15.4 Å². The number of carbonyl (C=O) groups excluding carboxylic acids is 1. The number of hydrogen-bond donors (Lipinski definition) is 1. The molecule has 0 bridgehead atoms. The van der Waals surface area contributed by atoms with Crippen LogP contribution in [0, 0.1) is 0 Å². The largest absolute Gasteiger partial charge is 0.296 e. The first-order valence-corrected chi connectivity index (χ1v) is 7.01. The quantitative estimate of drug-likeness (QED) is 0.734. The highest BCUT2D eigenvalue weighted by atomic mass is 32.2. The normalized spacial score (nSPS) is 10.4. The van der Waals surface area contributed by atoms with E-state index in [-0.39, 0.29) is 0 Å². The van der Waals surface area contributed by atoms with Crippen LogP contribution >= 0.6 is 11.8 Å². The summed E-state index contributed by atoms with van der Waals surface area (Å²) in [7, 11) is 0. The van der Waals surface area contributed by atoms with Gasteiger partial charge >= 0.3 is 0 Å². The monoisotopic (exact) mass is 280 g/mol. The van der Waals surface area contributed by atoms with Crippen molar-refractivity contribution in [3.05, 3.63) is 66.4 Å². The minimum absolute atomic E-state index is 0.486. The second kappa shape index (κ2) is 5.75. The highest BCUT2D eigenvalue weighted by Gasteiger charge is 2.09. The number of H-pyrrole nitrogens is 1. The molecule has 3 aromatic rings. The first-order valence-electron chi connectivity index (χ1n) is 6.20. The Morgan fingerprint density at radius 3 is 2.50 bits per heavy atom. The van der Waals surface area contributed by atoms with Crippen LogP contribution in [0.15, 0.2) is 70.5 Å². The average Bonchev–Trinajstić information content (AvgIpc) is 2.98. The third kappa shape index (κ3) is 2.65. The van der Waals surface area contributed by atoms with E-state index in [2.05, 4.69) is 28.4 Å². The van der Waals surface area contributed by atoms with Crippen LogP contribution in [0.1, 0.15) is 10.5 Å². The summed E-state index contributed by atoms with van der Waals surface area (Å²) in [5.41, 5.74) is 2.29. The molecule has 20 heavy (non-hydrogen) atoms. The molecule has 1 heterocycles. The number of nitrogens with zero attached hydrogens (tertiary/aromatic N) is 1. The van der Waals surface area contributed by atoms with Crippen molar-refractivity contribution in [2.24, 2.45) is 0 Å². The molecule has 0 radical (unpaired) electrons. The molecule has 2 aromatic carbocycles. The van der Waals surface area contributed by atoms with Crippen molar-refractivity contribution < 1.29 is 4.79 Å². The minimum Gasteiger partial charge on any atom is -0.296 e. The first-order chi connectivity index (χ1) is 9.86. The molecule has 0 saturated carbocycles. The highest BCUT2D eigenvalue weighted by Crippen LogP contribution is 2.35. The van der Waals surface area contributed by atoms with Gasteiger partial charge in [0.25, 0.3) is 0 Å². The van der Waals surface area contributed by atoms with Crippen LogP contribution in [0.2, 0.25) is 0 Å². The summed E-state index contributed by atoms with van der Waals surface area (Å²) in [5, 5.41) is 6.91. The van der Waals surface area contributed by atoms with Crippen molar-refractivity contribution in [2.45, 2.75) is 9.79 Å². The molecule has 0 amide bonds. The lowest BCUT2D eigenvalue weighted by Crippen LogP contribution is -1.82. The molecule has 98 valence electrons. The Morgan fingerprint density at radius 2 is 1.75 bits per heavy atom. The molecular weight excluding hydrogens is 268 g/mol.